The van der Waals surface area contributed by atoms with Gasteiger partial charge in [0, 0.05) is 0 Å². The quantitative estimate of drug-likeness (QED) is 0.259. The third-order valence-electron chi connectivity index (χ3n) is 1.73. The first-order chi connectivity index (χ1) is 7.83. The van der Waals surface area contributed by atoms with Gasteiger partial charge in [0.15, 0.2) is 0 Å². The van der Waals surface area contributed by atoms with Crippen LogP contribution >= 0.6 is 16.3 Å². The fourth-order valence-corrected chi connectivity index (χ4v) is 3.06. The van der Waals surface area contributed by atoms with Gasteiger partial charge in [-0.05, 0) is 0 Å². The number of carboxylic acid groups (broad SMARTS) is 1. The molecule has 0 fully saturated rings. The Morgan fingerprint density at radius 1 is 1.22 bits per heavy atom. The molecule has 0 heterocycles. The zero-order valence-corrected chi connectivity index (χ0v) is 11.5. The Morgan fingerprint density at radius 3 is 2.11 bits per heavy atom. The van der Waals surface area contributed by atoms with Crippen LogP contribution in [0, 0.1) is 0 Å². The Kier molecular flexibility index (Phi) is 6.45. The molecule has 112 valence electrons. The first-order valence-electron chi connectivity index (χ1n) is 4.73. The third-order valence-corrected chi connectivity index (χ3v) is 4.47. The van der Waals surface area contributed by atoms with Crippen molar-refractivity contribution in [3.8, 4) is 0 Å². The van der Waals surface area contributed by atoms with E-state index in [1.54, 1.807) is 0 Å². The molecule has 0 saturated heterocycles. The Morgan fingerprint density at radius 2 is 1.72 bits per heavy atom. The van der Waals surface area contributed by atoms with Crippen molar-refractivity contribution in [3.63, 3.8) is 0 Å². The normalized spacial score (nSPS) is 18.2. The maximum absolute atomic E-state index is 10.4. The van der Waals surface area contributed by atoms with Gasteiger partial charge in [-0.25, -0.2) is 0 Å². The Labute approximate surface area is 103 Å². The molecular formula is C6H18O10P2. The van der Waals surface area contributed by atoms with E-state index in [9.17, 15) is 9.90 Å². The van der Waals surface area contributed by atoms with Crippen LogP contribution in [-0.2, 0) is 13.6 Å². The van der Waals surface area contributed by atoms with Crippen molar-refractivity contribution in [2.24, 2.45) is 0 Å². The molecular weight excluding hydrogens is 294 g/mol. The summed E-state index contributed by atoms with van der Waals surface area (Å²) in [7, 11) is -10.1. The molecule has 0 aromatic carbocycles. The summed E-state index contributed by atoms with van der Waals surface area (Å²) in [4.78, 5) is 53.8. The molecule has 0 saturated carbocycles. The van der Waals surface area contributed by atoms with E-state index in [0.29, 0.717) is 0 Å². The Balaban J connectivity index is 4.14. The van der Waals surface area contributed by atoms with E-state index in [-0.39, 0.29) is 6.42 Å². The van der Waals surface area contributed by atoms with E-state index in [1.165, 1.54) is 6.92 Å². The van der Waals surface area contributed by atoms with Crippen molar-refractivity contribution in [2.75, 3.05) is 6.61 Å². The summed E-state index contributed by atoms with van der Waals surface area (Å²) in [5.74, 6) is -1.25. The van der Waals surface area contributed by atoms with Gasteiger partial charge in [0.1, 0.15) is 0 Å². The molecule has 1 atom stereocenters. The maximum atomic E-state index is 10.4. The van der Waals surface area contributed by atoms with Crippen LogP contribution in [0.25, 0.3) is 0 Å². The molecule has 0 spiro atoms. The monoisotopic (exact) mass is 312 g/mol. The van der Waals surface area contributed by atoms with Gasteiger partial charge in [-0.2, -0.15) is 0 Å². The van der Waals surface area contributed by atoms with Crippen LogP contribution in [0.1, 0.15) is 19.8 Å². The van der Waals surface area contributed by atoms with E-state index in [2.05, 4.69) is 8.83 Å². The van der Waals surface area contributed by atoms with Crippen molar-refractivity contribution >= 4 is 22.3 Å². The van der Waals surface area contributed by atoms with Gasteiger partial charge in [0.05, 0.1) is 0 Å². The van der Waals surface area contributed by atoms with Gasteiger partial charge in [-0.15, -0.1) is 0 Å². The van der Waals surface area contributed by atoms with Crippen molar-refractivity contribution < 1.29 is 48.3 Å². The van der Waals surface area contributed by atoms with Gasteiger partial charge in [0.25, 0.3) is 0 Å². The fraction of sp³-hybridized carbons (Fsp3) is 0.833. The number of aliphatic carboxylic acids is 1. The van der Waals surface area contributed by atoms with E-state index >= 15 is 0 Å². The molecule has 10 nitrogen and oxygen atoms in total. The van der Waals surface area contributed by atoms with E-state index in [1.807, 2.05) is 0 Å². The molecule has 0 aliphatic heterocycles. The molecule has 7 N–H and O–H groups in total. The summed E-state index contributed by atoms with van der Waals surface area (Å²) in [5.41, 5.74) is -1.64. The van der Waals surface area contributed by atoms with Crippen molar-refractivity contribution in [3.05, 3.63) is 0 Å². The first kappa shape index (κ1) is 18.0. The van der Waals surface area contributed by atoms with Gasteiger partial charge in [0.2, 0.25) is 0 Å². The van der Waals surface area contributed by atoms with Crippen LogP contribution in [0.5, 0.6) is 0 Å². The molecule has 0 amide bonds. The summed E-state index contributed by atoms with van der Waals surface area (Å²) < 4.78 is 8.11. The van der Waals surface area contributed by atoms with Crippen molar-refractivity contribution in [1.29, 1.82) is 0 Å². The second-order valence-electron chi connectivity index (χ2n) is 3.89. The standard InChI is InChI=1S/C6H18O10P2/c1-6(9,4-5(7)8)2-3-15-18(13,14)16-17(10,11)12/h9-14,17-18H,2-4H2,1H3,(H,7,8). The average molecular weight is 312 g/mol. The van der Waals surface area contributed by atoms with E-state index in [0.717, 1.165) is 0 Å². The SMILES string of the molecule is CC(O)(CCO[PH](O)(O)O[PH](O)(O)O)CC(=O)O. The van der Waals surface area contributed by atoms with Crippen LogP contribution in [0.3, 0.4) is 0 Å². The molecule has 12 heteroatoms. The number of hydrogen-bond donors (Lipinski definition) is 7. The van der Waals surface area contributed by atoms with Crippen LogP contribution in [0.2, 0.25) is 0 Å². The van der Waals surface area contributed by atoms with Crippen LogP contribution in [-0.4, -0.2) is 52.9 Å². The zero-order valence-electron chi connectivity index (χ0n) is 9.48. The second kappa shape index (κ2) is 6.44. The number of carbonyl (C=O) groups is 1. The zero-order chi connectivity index (χ0) is 14.6. The molecule has 1 unspecified atom stereocenters. The van der Waals surface area contributed by atoms with Crippen molar-refractivity contribution in [2.45, 2.75) is 25.4 Å². The molecule has 0 aromatic heterocycles. The number of hydrogen-bond acceptors (Lipinski definition) is 9. The van der Waals surface area contributed by atoms with Crippen LogP contribution < -0.4 is 0 Å². The number of carboxylic acids is 1. The van der Waals surface area contributed by atoms with Crippen molar-refractivity contribution in [1.82, 2.24) is 0 Å². The predicted molar refractivity (Wildman–Crippen MR) is 62.3 cm³/mol. The molecule has 0 aliphatic carbocycles. The number of rotatable bonds is 8. The molecule has 0 radical (unpaired) electrons. The minimum atomic E-state index is -5.13. The second-order valence-corrected chi connectivity index (χ2v) is 7.24. The average Bonchev–Trinajstić information content (AvgIpc) is 1.93. The Bertz CT molecular complexity index is 285. The van der Waals surface area contributed by atoms with Gasteiger partial charge in [-0.1, -0.05) is 0 Å². The summed E-state index contributed by atoms with van der Waals surface area (Å²) in [6, 6.07) is 0. The van der Waals surface area contributed by atoms with Gasteiger partial charge >= 0.3 is 103 Å². The first-order valence-corrected chi connectivity index (χ1v) is 8.19. The van der Waals surface area contributed by atoms with Crippen LogP contribution in [0.4, 0.5) is 0 Å². The third kappa shape index (κ3) is 9.98. The topological polar surface area (TPSA) is 177 Å². The summed E-state index contributed by atoms with van der Waals surface area (Å²) >= 11 is 0. The summed E-state index contributed by atoms with van der Waals surface area (Å²) in [5, 5.41) is 18.0. The summed E-state index contributed by atoms with van der Waals surface area (Å²) in [6.07, 6.45) is -0.851. The van der Waals surface area contributed by atoms with Crippen LogP contribution in [0.15, 0.2) is 0 Å². The fourth-order valence-electron chi connectivity index (χ4n) is 1.03. The minimum absolute atomic E-state index is 0.268. The van der Waals surface area contributed by atoms with E-state index < -0.39 is 40.9 Å². The van der Waals surface area contributed by atoms with Gasteiger partial charge < -0.3 is 0 Å². The molecule has 0 bridgehead atoms. The molecule has 0 aliphatic rings. The van der Waals surface area contributed by atoms with Gasteiger partial charge in [-0.3, -0.25) is 0 Å². The molecule has 18 heavy (non-hydrogen) atoms. The van der Waals surface area contributed by atoms with E-state index in [4.69, 9.17) is 29.6 Å². The molecule has 0 rings (SSSR count). The summed E-state index contributed by atoms with van der Waals surface area (Å²) in [6.45, 7) is 0.691. The predicted octanol–water partition coefficient (Wildman–Crippen LogP) is -1.58. The number of aliphatic hydroxyl groups is 1. The Hall–Kier alpha value is 0.01000. The molecule has 0 aromatic rings.